The molecule has 3 aliphatic heterocycles. The molecule has 5 rings (SSSR count). The standard InChI is InChI=1S/C23H27FN4O6S/c1-13-8-15(5-6-16(13)24)25-22(29)20-21-19(11-27(20)2)35(31,32)26-17-10-28(9-14(17)12-34-21)23(30)18-4-3-7-33-18/h5-6,8,11,14,17-18,26H,3-4,7,9-10,12H2,1-2H3,(H,25,29)/t14?,17?,18-/m0/s1. The summed E-state index contributed by atoms with van der Waals surface area (Å²) in [5, 5.41) is 2.68. The molecule has 2 fully saturated rings. The SMILES string of the molecule is Cc1cc(NC(=O)c2c3c(cn2C)S(=O)(=O)NC2CN(C(=O)[C@@H]4CCCO4)CC2CO3)ccc1F. The second kappa shape index (κ2) is 8.92. The first-order chi connectivity index (χ1) is 16.6. The van der Waals surface area contributed by atoms with Crippen LogP contribution in [0.4, 0.5) is 10.1 Å². The second-order valence-corrected chi connectivity index (χ2v) is 10.9. The van der Waals surface area contributed by atoms with Crippen molar-refractivity contribution in [3.8, 4) is 5.75 Å². The van der Waals surface area contributed by atoms with Crippen LogP contribution in [-0.4, -0.2) is 68.1 Å². The van der Waals surface area contributed by atoms with Gasteiger partial charge in [0.2, 0.25) is 10.0 Å². The van der Waals surface area contributed by atoms with Gasteiger partial charge >= 0.3 is 0 Å². The van der Waals surface area contributed by atoms with Crippen LogP contribution in [0.2, 0.25) is 0 Å². The van der Waals surface area contributed by atoms with Gasteiger partial charge in [-0.15, -0.1) is 0 Å². The van der Waals surface area contributed by atoms with Gasteiger partial charge in [0.05, 0.1) is 6.61 Å². The molecule has 3 atom stereocenters. The van der Waals surface area contributed by atoms with Crippen LogP contribution in [0.5, 0.6) is 5.75 Å². The summed E-state index contributed by atoms with van der Waals surface area (Å²) in [6, 6.07) is 3.64. The molecule has 12 heteroatoms. The summed E-state index contributed by atoms with van der Waals surface area (Å²) in [7, 11) is -2.49. The van der Waals surface area contributed by atoms with Gasteiger partial charge in [-0.25, -0.2) is 17.5 Å². The summed E-state index contributed by atoms with van der Waals surface area (Å²) in [5.74, 6) is -1.47. The first kappa shape index (κ1) is 23.8. The number of anilines is 1. The number of ether oxygens (including phenoxy) is 2. The largest absolute Gasteiger partial charge is 0.489 e. The normalized spacial score (nSPS) is 25.2. The lowest BCUT2D eigenvalue weighted by atomic mass is 10.1. The third-order valence-electron chi connectivity index (χ3n) is 6.73. The number of sulfonamides is 1. The Morgan fingerprint density at radius 2 is 2.06 bits per heavy atom. The molecule has 0 spiro atoms. The summed E-state index contributed by atoms with van der Waals surface area (Å²) in [4.78, 5) is 27.4. The first-order valence-electron chi connectivity index (χ1n) is 11.5. The van der Waals surface area contributed by atoms with Crippen molar-refractivity contribution in [2.24, 2.45) is 13.0 Å². The zero-order valence-corrected chi connectivity index (χ0v) is 20.2. The molecular weight excluding hydrogens is 479 g/mol. The van der Waals surface area contributed by atoms with Crippen molar-refractivity contribution in [2.75, 3.05) is 31.6 Å². The van der Waals surface area contributed by atoms with Crippen molar-refractivity contribution in [3.63, 3.8) is 0 Å². The van der Waals surface area contributed by atoms with Gasteiger partial charge in [-0.3, -0.25) is 9.59 Å². The third-order valence-corrected chi connectivity index (χ3v) is 8.21. The lowest BCUT2D eigenvalue weighted by Crippen LogP contribution is -2.44. The highest BCUT2D eigenvalue weighted by Crippen LogP contribution is 2.35. The Hall–Kier alpha value is -2.96. The molecule has 0 bridgehead atoms. The van der Waals surface area contributed by atoms with Crippen LogP contribution in [-0.2, 0) is 26.6 Å². The monoisotopic (exact) mass is 506 g/mol. The topological polar surface area (TPSA) is 119 Å². The molecule has 2 saturated heterocycles. The second-order valence-electron chi connectivity index (χ2n) is 9.24. The molecule has 0 radical (unpaired) electrons. The summed E-state index contributed by atoms with van der Waals surface area (Å²) in [5.41, 5.74) is 0.758. The van der Waals surface area contributed by atoms with E-state index in [0.717, 1.165) is 6.42 Å². The van der Waals surface area contributed by atoms with Crippen LogP contribution < -0.4 is 14.8 Å². The minimum Gasteiger partial charge on any atom is -0.489 e. The Morgan fingerprint density at radius 3 is 2.77 bits per heavy atom. The minimum absolute atomic E-state index is 0.0242. The third kappa shape index (κ3) is 4.41. The van der Waals surface area contributed by atoms with E-state index in [9.17, 15) is 22.4 Å². The fourth-order valence-corrected chi connectivity index (χ4v) is 6.35. The van der Waals surface area contributed by atoms with Crippen molar-refractivity contribution in [1.29, 1.82) is 0 Å². The van der Waals surface area contributed by atoms with E-state index >= 15 is 0 Å². The van der Waals surface area contributed by atoms with E-state index in [1.165, 1.54) is 29.0 Å². The van der Waals surface area contributed by atoms with Crippen molar-refractivity contribution in [1.82, 2.24) is 14.2 Å². The molecule has 2 aromatic rings. The number of halogens is 1. The molecule has 2 amide bonds. The molecular formula is C23H27FN4O6S. The Kier molecular flexibility index (Phi) is 6.06. The number of nitrogens with zero attached hydrogens (tertiary/aromatic N) is 2. The van der Waals surface area contributed by atoms with Crippen molar-refractivity contribution in [2.45, 2.75) is 36.8 Å². The number of carbonyl (C=O) groups is 2. The molecule has 2 unspecified atom stereocenters. The van der Waals surface area contributed by atoms with E-state index in [-0.39, 0.29) is 41.3 Å². The Balaban J connectivity index is 1.39. The van der Waals surface area contributed by atoms with E-state index in [4.69, 9.17) is 9.47 Å². The molecule has 188 valence electrons. The number of hydrogen-bond donors (Lipinski definition) is 2. The maximum atomic E-state index is 13.6. The molecule has 10 nitrogen and oxygen atoms in total. The number of rotatable bonds is 3. The van der Waals surface area contributed by atoms with Crippen molar-refractivity contribution < 1.29 is 31.9 Å². The van der Waals surface area contributed by atoms with Gasteiger partial charge in [0.15, 0.2) is 11.4 Å². The van der Waals surface area contributed by atoms with Gasteiger partial charge in [-0.05, 0) is 43.5 Å². The zero-order valence-electron chi connectivity index (χ0n) is 19.4. The average molecular weight is 507 g/mol. The van der Waals surface area contributed by atoms with Gasteiger partial charge in [-0.2, -0.15) is 0 Å². The Labute approximate surface area is 202 Å². The number of hydrogen-bond acceptors (Lipinski definition) is 6. The van der Waals surface area contributed by atoms with E-state index in [1.54, 1.807) is 18.9 Å². The Bertz CT molecular complexity index is 1290. The maximum absolute atomic E-state index is 13.6. The molecule has 1 aromatic carbocycles. The van der Waals surface area contributed by atoms with E-state index in [2.05, 4.69) is 10.0 Å². The van der Waals surface area contributed by atoms with Crippen LogP contribution in [0.15, 0.2) is 29.3 Å². The fraction of sp³-hybridized carbons (Fsp3) is 0.478. The molecule has 1 aromatic heterocycles. The van der Waals surface area contributed by atoms with Crippen molar-refractivity contribution >= 4 is 27.5 Å². The molecule has 4 heterocycles. The van der Waals surface area contributed by atoms with Gasteiger partial charge in [0.1, 0.15) is 16.8 Å². The van der Waals surface area contributed by atoms with Gasteiger partial charge < -0.3 is 24.3 Å². The number of amides is 2. The zero-order chi connectivity index (χ0) is 24.9. The van der Waals surface area contributed by atoms with Crippen LogP contribution in [0.3, 0.4) is 0 Å². The van der Waals surface area contributed by atoms with Crippen LogP contribution >= 0.6 is 0 Å². The lowest BCUT2D eigenvalue weighted by Gasteiger charge is -2.23. The quantitative estimate of drug-likeness (QED) is 0.650. The smallest absolute Gasteiger partial charge is 0.276 e. The van der Waals surface area contributed by atoms with E-state index in [0.29, 0.717) is 30.8 Å². The predicted octanol–water partition coefficient (Wildman–Crippen LogP) is 1.40. The van der Waals surface area contributed by atoms with Gasteiger partial charge in [-0.1, -0.05) is 0 Å². The average Bonchev–Trinajstić information content (AvgIpc) is 3.53. The summed E-state index contributed by atoms with van der Waals surface area (Å²) in [6.45, 7) is 2.80. The maximum Gasteiger partial charge on any atom is 0.276 e. The molecule has 3 aliphatic rings. The molecule has 0 saturated carbocycles. The number of fused-ring (bicyclic) bond motifs is 2. The van der Waals surface area contributed by atoms with Crippen LogP contribution in [0.1, 0.15) is 28.9 Å². The number of likely N-dealkylation sites (tertiary alicyclic amines) is 1. The lowest BCUT2D eigenvalue weighted by molar-refractivity contribution is -0.140. The van der Waals surface area contributed by atoms with Gasteiger partial charge in [0.25, 0.3) is 11.8 Å². The molecule has 35 heavy (non-hydrogen) atoms. The number of benzene rings is 1. The summed E-state index contributed by atoms with van der Waals surface area (Å²) in [6.07, 6.45) is 2.32. The Morgan fingerprint density at radius 1 is 1.26 bits per heavy atom. The highest BCUT2D eigenvalue weighted by Gasteiger charge is 2.43. The summed E-state index contributed by atoms with van der Waals surface area (Å²) >= 11 is 0. The molecule has 0 aliphatic carbocycles. The number of aromatic nitrogens is 1. The highest BCUT2D eigenvalue weighted by molar-refractivity contribution is 7.89. The van der Waals surface area contributed by atoms with E-state index < -0.39 is 33.9 Å². The first-order valence-corrected chi connectivity index (χ1v) is 12.9. The number of carbonyl (C=O) groups excluding carboxylic acids is 2. The van der Waals surface area contributed by atoms with Crippen molar-refractivity contribution in [3.05, 3.63) is 41.5 Å². The minimum atomic E-state index is -4.04. The summed E-state index contributed by atoms with van der Waals surface area (Å²) < 4.78 is 55.6. The predicted molar refractivity (Wildman–Crippen MR) is 123 cm³/mol. The van der Waals surface area contributed by atoms with Gasteiger partial charge in [0, 0.05) is 50.6 Å². The number of nitrogens with one attached hydrogen (secondary N) is 2. The number of aryl methyl sites for hydroxylation is 2. The highest BCUT2D eigenvalue weighted by atomic mass is 32.2. The van der Waals surface area contributed by atoms with Crippen LogP contribution in [0.25, 0.3) is 0 Å². The van der Waals surface area contributed by atoms with Crippen LogP contribution in [0, 0.1) is 18.7 Å². The molecule has 2 N–H and O–H groups in total. The van der Waals surface area contributed by atoms with E-state index in [1.807, 2.05) is 0 Å². The fourth-order valence-electron chi connectivity index (χ4n) is 4.87.